The summed E-state index contributed by atoms with van der Waals surface area (Å²) >= 11 is 0. The maximum atomic E-state index is 11.2. The summed E-state index contributed by atoms with van der Waals surface area (Å²) in [7, 11) is 0. The van der Waals surface area contributed by atoms with Crippen LogP contribution in [0.5, 0.6) is 5.75 Å². The van der Waals surface area contributed by atoms with Gasteiger partial charge >= 0.3 is 0 Å². The Kier molecular flexibility index (Phi) is 8.05. The normalized spacial score (nSPS) is 16.4. The van der Waals surface area contributed by atoms with E-state index in [1.165, 1.54) is 12.0 Å². The largest absolute Gasteiger partial charge is 0.493 e. The first-order chi connectivity index (χ1) is 14.5. The molecule has 0 aromatic heterocycles. The van der Waals surface area contributed by atoms with Gasteiger partial charge in [-0.15, -0.1) is 0 Å². The molecule has 30 heavy (non-hydrogen) atoms. The third-order valence-corrected chi connectivity index (χ3v) is 5.16. The molecule has 160 valence electrons. The van der Waals surface area contributed by atoms with Gasteiger partial charge in [0.2, 0.25) is 5.91 Å². The molecular formula is C25H33N3O2. The fourth-order valence-electron chi connectivity index (χ4n) is 3.49. The molecule has 1 aliphatic heterocycles. The lowest BCUT2D eigenvalue weighted by Gasteiger charge is -2.13. The maximum absolute atomic E-state index is 11.2. The molecule has 0 spiro atoms. The number of nitrogens with two attached hydrogens (primary N) is 1. The third kappa shape index (κ3) is 7.01. The number of carbonyl (C=O) groups excluding carboxylic acids is 1. The van der Waals surface area contributed by atoms with E-state index in [9.17, 15) is 4.79 Å². The van der Waals surface area contributed by atoms with Crippen molar-refractivity contribution in [3.8, 4) is 5.75 Å². The second-order valence-electron chi connectivity index (χ2n) is 8.42. The topological polar surface area (TPSA) is 76.4 Å². The molecule has 5 heteroatoms. The number of hydrogen-bond donors (Lipinski definition) is 3. The van der Waals surface area contributed by atoms with E-state index in [4.69, 9.17) is 10.5 Å². The number of benzene rings is 2. The molecule has 1 unspecified atom stereocenters. The Hall–Kier alpha value is -2.63. The zero-order chi connectivity index (χ0) is 21.3. The van der Waals surface area contributed by atoms with Gasteiger partial charge in [0, 0.05) is 12.1 Å². The van der Waals surface area contributed by atoms with Crippen LogP contribution in [0.2, 0.25) is 0 Å². The average molecular weight is 408 g/mol. The molecule has 1 saturated heterocycles. The summed E-state index contributed by atoms with van der Waals surface area (Å²) in [6, 6.07) is 13.7. The van der Waals surface area contributed by atoms with Gasteiger partial charge < -0.3 is 21.1 Å². The lowest BCUT2D eigenvalue weighted by molar-refractivity contribution is 0.100. The molecule has 4 N–H and O–H groups in total. The minimum atomic E-state index is -0.411. The molecule has 0 saturated carbocycles. The highest BCUT2D eigenvalue weighted by atomic mass is 16.5. The van der Waals surface area contributed by atoms with Crippen molar-refractivity contribution in [2.24, 2.45) is 17.6 Å². The van der Waals surface area contributed by atoms with Gasteiger partial charge in [0.05, 0.1) is 6.61 Å². The zero-order valence-electron chi connectivity index (χ0n) is 18.0. The molecule has 2 aromatic rings. The number of ether oxygens (including phenoxy) is 1. The Morgan fingerprint density at radius 3 is 2.63 bits per heavy atom. The Morgan fingerprint density at radius 1 is 1.20 bits per heavy atom. The van der Waals surface area contributed by atoms with Crippen LogP contribution in [0.25, 0.3) is 12.2 Å². The van der Waals surface area contributed by atoms with Crippen molar-refractivity contribution in [2.75, 3.05) is 26.2 Å². The standard InChI is InChI=1S/C25H33N3O2/c1-18(2)17-30-24-12-20(4-3-19-5-7-23(8-6-19)25(26)29)11-22(13-24)16-28-15-21-9-10-27-14-21/h3-8,11-13,18,21,27-28H,9-10,14-17H2,1-2H3,(H2,26,29)/b4-3+. The molecule has 2 aromatic carbocycles. The first kappa shape index (κ1) is 22.1. The van der Waals surface area contributed by atoms with Gasteiger partial charge in [-0.2, -0.15) is 0 Å². The minimum absolute atomic E-state index is 0.411. The summed E-state index contributed by atoms with van der Waals surface area (Å²) < 4.78 is 6.00. The molecule has 1 amide bonds. The highest BCUT2D eigenvalue weighted by molar-refractivity contribution is 5.93. The van der Waals surface area contributed by atoms with Gasteiger partial charge in [-0.1, -0.05) is 44.2 Å². The lowest BCUT2D eigenvalue weighted by atomic mass is 10.1. The monoisotopic (exact) mass is 407 g/mol. The van der Waals surface area contributed by atoms with Crippen LogP contribution in [0.4, 0.5) is 0 Å². The Labute approximate surface area is 179 Å². The summed E-state index contributed by atoms with van der Waals surface area (Å²) in [4.78, 5) is 11.2. The molecule has 1 aliphatic rings. The fraction of sp³-hybridized carbons (Fsp3) is 0.400. The highest BCUT2D eigenvalue weighted by Gasteiger charge is 2.13. The van der Waals surface area contributed by atoms with Crippen molar-refractivity contribution in [1.82, 2.24) is 10.6 Å². The molecular weight excluding hydrogens is 374 g/mol. The van der Waals surface area contributed by atoms with E-state index < -0.39 is 5.91 Å². The molecule has 0 aliphatic carbocycles. The van der Waals surface area contributed by atoms with Crippen molar-refractivity contribution in [1.29, 1.82) is 0 Å². The highest BCUT2D eigenvalue weighted by Crippen LogP contribution is 2.21. The van der Waals surface area contributed by atoms with Crippen molar-refractivity contribution in [3.05, 3.63) is 64.7 Å². The van der Waals surface area contributed by atoms with Gasteiger partial charge in [0.15, 0.2) is 0 Å². The fourth-order valence-corrected chi connectivity index (χ4v) is 3.49. The SMILES string of the molecule is CC(C)COc1cc(/C=C/c2ccc(C(N)=O)cc2)cc(CNCC2CCNC2)c1. The van der Waals surface area contributed by atoms with E-state index in [1.54, 1.807) is 12.1 Å². The number of hydrogen-bond acceptors (Lipinski definition) is 4. The Morgan fingerprint density at radius 2 is 1.97 bits per heavy atom. The van der Waals surface area contributed by atoms with E-state index in [2.05, 4.69) is 48.8 Å². The number of rotatable bonds is 10. The van der Waals surface area contributed by atoms with E-state index in [1.807, 2.05) is 18.2 Å². The van der Waals surface area contributed by atoms with E-state index in [0.717, 1.165) is 43.1 Å². The average Bonchev–Trinajstić information content (AvgIpc) is 3.24. The van der Waals surface area contributed by atoms with Crippen molar-refractivity contribution in [2.45, 2.75) is 26.8 Å². The smallest absolute Gasteiger partial charge is 0.248 e. The van der Waals surface area contributed by atoms with E-state index >= 15 is 0 Å². The molecule has 1 heterocycles. The van der Waals surface area contributed by atoms with E-state index in [0.29, 0.717) is 24.0 Å². The number of nitrogens with one attached hydrogen (secondary N) is 2. The summed E-state index contributed by atoms with van der Waals surface area (Å²) in [6.45, 7) is 9.08. The lowest BCUT2D eigenvalue weighted by Crippen LogP contribution is -2.24. The van der Waals surface area contributed by atoms with Crippen LogP contribution in [0, 0.1) is 11.8 Å². The summed E-state index contributed by atoms with van der Waals surface area (Å²) in [5.41, 5.74) is 9.15. The molecule has 0 radical (unpaired) electrons. The number of primary amides is 1. The Bertz CT molecular complexity index is 853. The van der Waals surface area contributed by atoms with Gasteiger partial charge in [-0.05, 0) is 78.8 Å². The van der Waals surface area contributed by atoms with Crippen LogP contribution < -0.4 is 21.1 Å². The number of carbonyl (C=O) groups is 1. The van der Waals surface area contributed by atoms with E-state index in [-0.39, 0.29) is 0 Å². The zero-order valence-corrected chi connectivity index (χ0v) is 18.0. The molecule has 3 rings (SSSR count). The summed E-state index contributed by atoms with van der Waals surface area (Å²) in [6.07, 6.45) is 5.35. The minimum Gasteiger partial charge on any atom is -0.493 e. The summed E-state index contributed by atoms with van der Waals surface area (Å²) in [5.74, 6) is 1.68. The first-order valence-electron chi connectivity index (χ1n) is 10.8. The van der Waals surface area contributed by atoms with Crippen molar-refractivity contribution < 1.29 is 9.53 Å². The van der Waals surface area contributed by atoms with Crippen LogP contribution in [0.15, 0.2) is 42.5 Å². The van der Waals surface area contributed by atoms with Gasteiger partial charge in [0.1, 0.15) is 5.75 Å². The quantitative estimate of drug-likeness (QED) is 0.525. The number of amides is 1. The van der Waals surface area contributed by atoms with Gasteiger partial charge in [-0.3, -0.25) is 4.79 Å². The van der Waals surface area contributed by atoms with Crippen LogP contribution in [0.1, 0.15) is 47.3 Å². The molecule has 1 fully saturated rings. The molecule has 5 nitrogen and oxygen atoms in total. The molecule has 0 bridgehead atoms. The second-order valence-corrected chi connectivity index (χ2v) is 8.42. The molecule has 1 atom stereocenters. The first-order valence-corrected chi connectivity index (χ1v) is 10.8. The van der Waals surface area contributed by atoms with Crippen LogP contribution in [-0.2, 0) is 6.54 Å². The van der Waals surface area contributed by atoms with Crippen molar-refractivity contribution >= 4 is 18.1 Å². The third-order valence-electron chi connectivity index (χ3n) is 5.16. The predicted molar refractivity (Wildman–Crippen MR) is 123 cm³/mol. The Balaban J connectivity index is 1.70. The van der Waals surface area contributed by atoms with Gasteiger partial charge in [-0.25, -0.2) is 0 Å². The van der Waals surface area contributed by atoms with Crippen molar-refractivity contribution in [3.63, 3.8) is 0 Å². The van der Waals surface area contributed by atoms with Gasteiger partial charge in [0.25, 0.3) is 0 Å². The van der Waals surface area contributed by atoms with Crippen LogP contribution in [0.3, 0.4) is 0 Å². The van der Waals surface area contributed by atoms with Crippen LogP contribution in [-0.4, -0.2) is 32.1 Å². The predicted octanol–water partition coefficient (Wildman–Crippen LogP) is 3.69. The maximum Gasteiger partial charge on any atom is 0.248 e. The van der Waals surface area contributed by atoms with Crippen LogP contribution >= 0.6 is 0 Å². The second kappa shape index (κ2) is 11.0. The summed E-state index contributed by atoms with van der Waals surface area (Å²) in [5, 5.41) is 7.00.